The van der Waals surface area contributed by atoms with Crippen LogP contribution >= 0.6 is 0 Å². The van der Waals surface area contributed by atoms with Crippen molar-refractivity contribution < 1.29 is 5.11 Å². The molecule has 0 amide bonds. The van der Waals surface area contributed by atoms with E-state index in [-0.39, 0.29) is 0 Å². The molecule has 0 radical (unpaired) electrons. The molecule has 2 nitrogen and oxygen atoms in total. The van der Waals surface area contributed by atoms with Crippen LogP contribution in [0.1, 0.15) is 41.5 Å². The van der Waals surface area contributed by atoms with Gasteiger partial charge in [-0.15, -0.1) is 0 Å². The number of aliphatic hydroxyl groups is 1. The number of hydrogen-bond donors (Lipinski definition) is 1. The molecule has 1 atom stereocenters. The third kappa shape index (κ3) is 2.70. The van der Waals surface area contributed by atoms with Gasteiger partial charge in [0.1, 0.15) is 0 Å². The van der Waals surface area contributed by atoms with Crippen molar-refractivity contribution in [3.8, 4) is 0 Å². The van der Waals surface area contributed by atoms with E-state index in [0.717, 1.165) is 30.4 Å². The Bertz CT molecular complexity index is 211. The molecule has 90 valence electrons. The van der Waals surface area contributed by atoms with Crippen LogP contribution in [0.4, 0.5) is 0 Å². The highest BCUT2D eigenvalue weighted by molar-refractivity contribution is 6.85. The van der Waals surface area contributed by atoms with E-state index in [0.29, 0.717) is 0 Å². The van der Waals surface area contributed by atoms with Crippen molar-refractivity contribution in [1.82, 2.24) is 0 Å². The van der Waals surface area contributed by atoms with E-state index in [4.69, 9.17) is 0 Å². The third-order valence-corrected chi connectivity index (χ3v) is 10.7. The summed E-state index contributed by atoms with van der Waals surface area (Å²) in [5.41, 5.74) is 0.933. The molecule has 0 spiro atoms. The molecular weight excluding hydrogens is 202 g/mol. The molecule has 15 heavy (non-hydrogen) atoms. The van der Waals surface area contributed by atoms with Crippen LogP contribution in [0.15, 0.2) is 4.99 Å². The number of nitrogens with zero attached hydrogens (tertiary/aromatic N) is 1. The summed E-state index contributed by atoms with van der Waals surface area (Å²) < 4.78 is 0. The highest BCUT2D eigenvalue weighted by Gasteiger charge is 2.46. The molecule has 0 rings (SSSR count). The van der Waals surface area contributed by atoms with Crippen molar-refractivity contribution in [1.29, 1.82) is 0 Å². The SMILES string of the molecule is CCN=C(C)C(C)(O)[Si](CC)(CC)CC. The molecule has 0 saturated carbocycles. The lowest BCUT2D eigenvalue weighted by Gasteiger charge is -2.42. The van der Waals surface area contributed by atoms with Crippen LogP contribution in [0.25, 0.3) is 0 Å². The maximum Gasteiger partial charge on any atom is 0.0973 e. The minimum Gasteiger partial charge on any atom is -0.388 e. The fourth-order valence-electron chi connectivity index (χ4n) is 2.56. The van der Waals surface area contributed by atoms with Gasteiger partial charge in [0.25, 0.3) is 0 Å². The van der Waals surface area contributed by atoms with Gasteiger partial charge in [0.15, 0.2) is 0 Å². The molecule has 0 aliphatic heterocycles. The van der Waals surface area contributed by atoms with Crippen LogP contribution < -0.4 is 0 Å². The van der Waals surface area contributed by atoms with Gasteiger partial charge in [-0.2, -0.15) is 0 Å². The molecule has 0 bridgehead atoms. The van der Waals surface area contributed by atoms with Crippen LogP contribution in [0.3, 0.4) is 0 Å². The lowest BCUT2D eigenvalue weighted by molar-refractivity contribution is 0.202. The first kappa shape index (κ1) is 14.8. The molecule has 1 N–H and O–H groups in total. The fraction of sp³-hybridized carbons (Fsp3) is 0.917. The van der Waals surface area contributed by atoms with E-state index in [1.54, 1.807) is 0 Å². The van der Waals surface area contributed by atoms with E-state index in [1.807, 2.05) is 20.8 Å². The third-order valence-electron chi connectivity index (χ3n) is 4.16. The number of aliphatic imine (C=N–C) groups is 1. The van der Waals surface area contributed by atoms with Gasteiger partial charge in [-0.3, -0.25) is 4.99 Å². The van der Waals surface area contributed by atoms with Gasteiger partial charge in [0.2, 0.25) is 0 Å². The average Bonchev–Trinajstić information content (AvgIpc) is 2.21. The van der Waals surface area contributed by atoms with Gasteiger partial charge in [-0.25, -0.2) is 0 Å². The zero-order valence-corrected chi connectivity index (χ0v) is 12.2. The van der Waals surface area contributed by atoms with E-state index in [1.165, 1.54) is 0 Å². The second-order valence-electron chi connectivity index (χ2n) is 4.47. The van der Waals surface area contributed by atoms with E-state index in [2.05, 4.69) is 25.8 Å². The molecule has 1 unspecified atom stereocenters. The van der Waals surface area contributed by atoms with Gasteiger partial charge in [0, 0.05) is 12.3 Å². The van der Waals surface area contributed by atoms with Crippen molar-refractivity contribution in [3.63, 3.8) is 0 Å². The first-order valence-electron chi connectivity index (χ1n) is 6.15. The summed E-state index contributed by atoms with van der Waals surface area (Å²) in [6, 6.07) is 3.39. The van der Waals surface area contributed by atoms with Gasteiger partial charge in [0.05, 0.1) is 13.3 Å². The lowest BCUT2D eigenvalue weighted by atomic mass is 10.2. The summed E-state index contributed by atoms with van der Waals surface area (Å²) in [4.78, 5) is 4.41. The molecule has 0 saturated heterocycles. The Labute approximate surface area is 95.8 Å². The maximum atomic E-state index is 10.8. The quantitative estimate of drug-likeness (QED) is 0.550. The summed E-state index contributed by atoms with van der Waals surface area (Å²) in [7, 11) is -1.62. The molecule has 0 aromatic heterocycles. The van der Waals surface area contributed by atoms with Crippen LogP contribution in [-0.4, -0.2) is 30.7 Å². The van der Waals surface area contributed by atoms with Crippen molar-refractivity contribution in [2.75, 3.05) is 6.54 Å². The molecule has 0 aromatic rings. The second-order valence-corrected chi connectivity index (χ2v) is 10.1. The van der Waals surface area contributed by atoms with E-state index >= 15 is 0 Å². The fourth-order valence-corrected chi connectivity index (χ4v) is 6.97. The lowest BCUT2D eigenvalue weighted by Crippen LogP contribution is -2.59. The summed E-state index contributed by atoms with van der Waals surface area (Å²) in [6.45, 7) is 13.4. The second kappa shape index (κ2) is 5.80. The van der Waals surface area contributed by atoms with Crippen molar-refractivity contribution in [2.45, 2.75) is 64.9 Å². The number of rotatable bonds is 6. The topological polar surface area (TPSA) is 32.6 Å². The molecule has 0 heterocycles. The Balaban J connectivity index is 5.19. The largest absolute Gasteiger partial charge is 0.388 e. The maximum absolute atomic E-state index is 10.8. The highest BCUT2D eigenvalue weighted by atomic mass is 28.3. The molecule has 0 fully saturated rings. The minimum atomic E-state index is -1.62. The summed E-state index contributed by atoms with van der Waals surface area (Å²) in [6.07, 6.45) is 0. The van der Waals surface area contributed by atoms with Crippen LogP contribution in [-0.2, 0) is 0 Å². The Kier molecular flexibility index (Phi) is 5.74. The zero-order chi connectivity index (χ0) is 12.1. The van der Waals surface area contributed by atoms with E-state index < -0.39 is 13.3 Å². The predicted molar refractivity (Wildman–Crippen MR) is 71.5 cm³/mol. The minimum absolute atomic E-state index is 0.638. The van der Waals surface area contributed by atoms with Crippen molar-refractivity contribution in [3.05, 3.63) is 0 Å². The van der Waals surface area contributed by atoms with Crippen molar-refractivity contribution >= 4 is 13.8 Å². The number of hydrogen-bond acceptors (Lipinski definition) is 2. The van der Waals surface area contributed by atoms with Gasteiger partial charge in [-0.05, 0) is 20.8 Å². The van der Waals surface area contributed by atoms with Gasteiger partial charge in [-0.1, -0.05) is 38.9 Å². The van der Waals surface area contributed by atoms with Gasteiger partial charge >= 0.3 is 0 Å². The Morgan fingerprint density at radius 3 is 1.80 bits per heavy atom. The Morgan fingerprint density at radius 1 is 1.13 bits per heavy atom. The predicted octanol–water partition coefficient (Wildman–Crippen LogP) is 3.27. The first-order valence-corrected chi connectivity index (χ1v) is 8.77. The molecule has 0 aliphatic carbocycles. The summed E-state index contributed by atoms with van der Waals surface area (Å²) in [5, 5.41) is 10.1. The summed E-state index contributed by atoms with van der Waals surface area (Å²) in [5.74, 6) is 0. The molecule has 0 aliphatic rings. The normalized spacial score (nSPS) is 17.7. The average molecular weight is 229 g/mol. The monoisotopic (exact) mass is 229 g/mol. The smallest absolute Gasteiger partial charge is 0.0973 e. The Morgan fingerprint density at radius 2 is 1.53 bits per heavy atom. The van der Waals surface area contributed by atoms with Crippen molar-refractivity contribution in [2.24, 2.45) is 4.99 Å². The molecular formula is C12H27NOSi. The molecule has 3 heteroatoms. The summed E-state index contributed by atoms with van der Waals surface area (Å²) >= 11 is 0. The Hall–Kier alpha value is -0.153. The van der Waals surface area contributed by atoms with Crippen LogP contribution in [0.5, 0.6) is 0 Å². The molecule has 0 aromatic carbocycles. The highest BCUT2D eigenvalue weighted by Crippen LogP contribution is 2.33. The first-order chi connectivity index (χ1) is 6.91. The standard InChI is InChI=1S/C12H27NOSi/c1-7-13-11(5)12(6,14)15(8-2,9-3)10-4/h14H,7-10H2,1-6H3. The van der Waals surface area contributed by atoms with Gasteiger partial charge < -0.3 is 5.11 Å². The zero-order valence-electron chi connectivity index (χ0n) is 11.2. The van der Waals surface area contributed by atoms with Crippen LogP contribution in [0, 0.1) is 0 Å². The van der Waals surface area contributed by atoms with Crippen LogP contribution in [0.2, 0.25) is 18.1 Å². The van der Waals surface area contributed by atoms with E-state index in [9.17, 15) is 5.11 Å².